The van der Waals surface area contributed by atoms with E-state index in [1.54, 1.807) is 13.8 Å². The van der Waals surface area contributed by atoms with Gasteiger partial charge in [-0.15, -0.1) is 0 Å². The molecule has 0 aliphatic carbocycles. The summed E-state index contributed by atoms with van der Waals surface area (Å²) < 4.78 is 0. The van der Waals surface area contributed by atoms with Crippen molar-refractivity contribution in [1.29, 1.82) is 0 Å². The van der Waals surface area contributed by atoms with Crippen molar-refractivity contribution in [1.82, 2.24) is 0 Å². The molecule has 0 bridgehead atoms. The van der Waals surface area contributed by atoms with E-state index in [1.165, 1.54) is 29.2 Å². The van der Waals surface area contributed by atoms with Crippen LogP contribution in [0.1, 0.15) is 27.2 Å². The second-order valence-corrected chi connectivity index (χ2v) is 5.04. The first-order valence-corrected chi connectivity index (χ1v) is 6.10. The Hall–Kier alpha value is -2.04. The summed E-state index contributed by atoms with van der Waals surface area (Å²) in [5, 5.41) is 18.2. The highest BCUT2D eigenvalue weighted by Crippen LogP contribution is 2.27. The second-order valence-electron chi connectivity index (χ2n) is 5.04. The van der Waals surface area contributed by atoms with Gasteiger partial charge in [-0.3, -0.25) is 9.59 Å². The molecule has 1 aromatic carbocycles. The van der Waals surface area contributed by atoms with E-state index in [2.05, 4.69) is 0 Å². The zero-order valence-corrected chi connectivity index (χ0v) is 11.4. The minimum atomic E-state index is -1.08. The number of rotatable bonds is 5. The van der Waals surface area contributed by atoms with E-state index in [9.17, 15) is 14.7 Å². The first kappa shape index (κ1) is 15.0. The lowest BCUT2D eigenvalue weighted by Crippen LogP contribution is -2.43. The van der Waals surface area contributed by atoms with E-state index in [0.717, 1.165) is 0 Å². The summed E-state index contributed by atoms with van der Waals surface area (Å²) >= 11 is 0. The number of aliphatic carboxylic acids is 1. The topological polar surface area (TPSA) is 77.8 Å². The third-order valence-electron chi connectivity index (χ3n) is 3.16. The van der Waals surface area contributed by atoms with Crippen LogP contribution in [-0.4, -0.2) is 28.6 Å². The Labute approximate surface area is 112 Å². The Morgan fingerprint density at radius 1 is 1.21 bits per heavy atom. The van der Waals surface area contributed by atoms with Crippen LogP contribution in [0.3, 0.4) is 0 Å². The minimum absolute atomic E-state index is 0.0706. The summed E-state index contributed by atoms with van der Waals surface area (Å²) in [7, 11) is 0. The van der Waals surface area contributed by atoms with Crippen molar-refractivity contribution in [2.24, 2.45) is 5.41 Å². The quantitative estimate of drug-likeness (QED) is 0.856. The van der Waals surface area contributed by atoms with Crippen LogP contribution in [0.2, 0.25) is 0 Å². The number of carbonyl (C=O) groups is 2. The fraction of sp³-hybridized carbons (Fsp3) is 0.429. The molecule has 0 aliphatic rings. The summed E-state index contributed by atoms with van der Waals surface area (Å²) in [6, 6.07) is 5.91. The average Bonchev–Trinajstić information content (AvgIpc) is 2.36. The van der Waals surface area contributed by atoms with E-state index in [4.69, 9.17) is 5.11 Å². The van der Waals surface area contributed by atoms with Crippen molar-refractivity contribution in [3.05, 3.63) is 24.3 Å². The summed E-state index contributed by atoms with van der Waals surface area (Å²) in [6.45, 7) is 5.05. The predicted molar refractivity (Wildman–Crippen MR) is 72.2 cm³/mol. The maximum atomic E-state index is 12.4. The van der Waals surface area contributed by atoms with Crippen LogP contribution >= 0.6 is 0 Å². The van der Waals surface area contributed by atoms with Crippen molar-refractivity contribution >= 4 is 17.6 Å². The molecule has 0 aliphatic heterocycles. The number of phenolic OH excluding ortho intramolecular Hbond substituents is 1. The SMILES string of the molecule is CCC(C)(C)C(=O)N(CC(=O)O)c1ccc(O)cc1. The normalized spacial score (nSPS) is 11.1. The zero-order chi connectivity index (χ0) is 14.6. The van der Waals surface area contributed by atoms with Crippen molar-refractivity contribution in [3.8, 4) is 5.75 Å². The number of benzene rings is 1. The lowest BCUT2D eigenvalue weighted by atomic mass is 9.88. The van der Waals surface area contributed by atoms with Gasteiger partial charge in [0.15, 0.2) is 0 Å². The molecule has 0 saturated carbocycles. The van der Waals surface area contributed by atoms with Crippen LogP contribution in [0.25, 0.3) is 0 Å². The zero-order valence-electron chi connectivity index (χ0n) is 11.4. The largest absolute Gasteiger partial charge is 0.508 e. The van der Waals surface area contributed by atoms with Crippen molar-refractivity contribution < 1.29 is 19.8 Å². The van der Waals surface area contributed by atoms with Gasteiger partial charge in [0.1, 0.15) is 12.3 Å². The predicted octanol–water partition coefficient (Wildman–Crippen LogP) is 2.25. The molecule has 1 rings (SSSR count). The number of aromatic hydroxyl groups is 1. The van der Waals surface area contributed by atoms with Crippen LogP contribution in [0.15, 0.2) is 24.3 Å². The summed E-state index contributed by atoms with van der Waals surface area (Å²) in [4.78, 5) is 24.6. The molecule has 0 unspecified atom stereocenters. The van der Waals surface area contributed by atoms with Gasteiger partial charge in [-0.05, 0) is 30.7 Å². The Morgan fingerprint density at radius 3 is 2.16 bits per heavy atom. The van der Waals surface area contributed by atoms with E-state index in [0.29, 0.717) is 12.1 Å². The molecule has 0 saturated heterocycles. The minimum Gasteiger partial charge on any atom is -0.508 e. The highest BCUT2D eigenvalue weighted by Gasteiger charge is 2.32. The van der Waals surface area contributed by atoms with E-state index < -0.39 is 17.9 Å². The molecule has 0 spiro atoms. The number of hydrogen-bond acceptors (Lipinski definition) is 3. The maximum absolute atomic E-state index is 12.4. The smallest absolute Gasteiger partial charge is 0.323 e. The van der Waals surface area contributed by atoms with Crippen molar-refractivity contribution in [3.63, 3.8) is 0 Å². The van der Waals surface area contributed by atoms with Crippen LogP contribution in [0.5, 0.6) is 5.75 Å². The molecule has 0 aromatic heterocycles. The standard InChI is InChI=1S/C14H19NO4/c1-4-14(2,3)13(19)15(9-12(17)18)10-5-7-11(16)8-6-10/h5-8,16H,4,9H2,1-3H3,(H,17,18). The van der Waals surface area contributed by atoms with Crippen LogP contribution in [-0.2, 0) is 9.59 Å². The van der Waals surface area contributed by atoms with Crippen LogP contribution < -0.4 is 4.90 Å². The van der Waals surface area contributed by atoms with Gasteiger partial charge in [0.2, 0.25) is 5.91 Å². The molecular formula is C14H19NO4. The highest BCUT2D eigenvalue weighted by atomic mass is 16.4. The Morgan fingerprint density at radius 2 is 1.74 bits per heavy atom. The number of amides is 1. The van der Waals surface area contributed by atoms with Crippen LogP contribution in [0.4, 0.5) is 5.69 Å². The van der Waals surface area contributed by atoms with Gasteiger partial charge in [-0.25, -0.2) is 0 Å². The number of anilines is 1. The fourth-order valence-electron chi connectivity index (χ4n) is 1.56. The molecule has 0 radical (unpaired) electrons. The molecule has 0 atom stereocenters. The van der Waals surface area contributed by atoms with Gasteiger partial charge < -0.3 is 15.1 Å². The monoisotopic (exact) mass is 265 g/mol. The number of phenols is 1. The van der Waals surface area contributed by atoms with Gasteiger partial charge in [0.05, 0.1) is 0 Å². The molecule has 104 valence electrons. The Balaban J connectivity index is 3.11. The molecule has 2 N–H and O–H groups in total. The van der Waals surface area contributed by atoms with E-state index in [1.807, 2.05) is 6.92 Å². The molecule has 19 heavy (non-hydrogen) atoms. The van der Waals surface area contributed by atoms with E-state index in [-0.39, 0.29) is 11.7 Å². The number of carboxylic acid groups (broad SMARTS) is 1. The van der Waals surface area contributed by atoms with Crippen molar-refractivity contribution in [2.45, 2.75) is 27.2 Å². The molecular weight excluding hydrogens is 246 g/mol. The first-order chi connectivity index (χ1) is 8.77. The van der Waals surface area contributed by atoms with Gasteiger partial charge in [-0.1, -0.05) is 20.8 Å². The third kappa shape index (κ3) is 3.71. The van der Waals surface area contributed by atoms with Crippen molar-refractivity contribution in [2.75, 3.05) is 11.4 Å². The third-order valence-corrected chi connectivity index (χ3v) is 3.16. The number of hydrogen-bond donors (Lipinski definition) is 2. The molecule has 0 fully saturated rings. The molecule has 1 amide bonds. The van der Waals surface area contributed by atoms with Crippen LogP contribution in [0, 0.1) is 5.41 Å². The second kappa shape index (κ2) is 5.73. The highest BCUT2D eigenvalue weighted by molar-refractivity contribution is 6.00. The van der Waals surface area contributed by atoms with Gasteiger partial charge in [0.25, 0.3) is 0 Å². The molecule has 5 heteroatoms. The van der Waals surface area contributed by atoms with E-state index >= 15 is 0 Å². The summed E-state index contributed by atoms with van der Waals surface area (Å²) in [5.41, 5.74) is -0.167. The summed E-state index contributed by atoms with van der Waals surface area (Å²) in [6.07, 6.45) is 0.611. The van der Waals surface area contributed by atoms with Gasteiger partial charge in [0, 0.05) is 11.1 Å². The van der Waals surface area contributed by atoms with Gasteiger partial charge >= 0.3 is 5.97 Å². The molecule has 5 nitrogen and oxygen atoms in total. The average molecular weight is 265 g/mol. The Bertz CT molecular complexity index is 465. The molecule has 1 aromatic rings. The number of nitrogens with zero attached hydrogens (tertiary/aromatic N) is 1. The summed E-state index contributed by atoms with van der Waals surface area (Å²) in [5.74, 6) is -1.25. The maximum Gasteiger partial charge on any atom is 0.323 e. The number of carbonyl (C=O) groups excluding carboxylic acids is 1. The number of carboxylic acids is 1. The fourth-order valence-corrected chi connectivity index (χ4v) is 1.56. The lowest BCUT2D eigenvalue weighted by Gasteiger charge is -2.30. The molecule has 0 heterocycles. The Kier molecular flexibility index (Phi) is 4.53. The first-order valence-electron chi connectivity index (χ1n) is 6.10. The van der Waals surface area contributed by atoms with Gasteiger partial charge in [-0.2, -0.15) is 0 Å². The lowest BCUT2D eigenvalue weighted by molar-refractivity contribution is -0.137.